The van der Waals surface area contributed by atoms with Crippen molar-refractivity contribution in [1.82, 2.24) is 0 Å². The Morgan fingerprint density at radius 3 is 1.80 bits per heavy atom. The summed E-state index contributed by atoms with van der Waals surface area (Å²) in [6, 6.07) is 0. The van der Waals surface area contributed by atoms with Crippen molar-refractivity contribution >= 4 is 45.2 Å². The first-order valence-corrected chi connectivity index (χ1v) is 4.31. The Labute approximate surface area is 73.3 Å². The van der Waals surface area contributed by atoms with Gasteiger partial charge in [0.15, 0.2) is 0 Å². The van der Waals surface area contributed by atoms with Crippen LogP contribution in [0.2, 0.25) is 0 Å². The molecule has 0 bridgehead atoms. The highest BCUT2D eigenvalue weighted by Gasteiger charge is 2.29. The predicted molar refractivity (Wildman–Crippen MR) is 37.3 cm³/mol. The molecule has 0 aliphatic rings. The van der Waals surface area contributed by atoms with Gasteiger partial charge < -0.3 is 0 Å². The van der Waals surface area contributed by atoms with E-state index in [2.05, 4.69) is 8.37 Å². The Morgan fingerprint density at radius 1 is 1.30 bits per heavy atom. The number of hydrogen-bond donors (Lipinski definition) is 0. The van der Waals surface area contributed by atoms with Crippen LogP contribution in [0.15, 0.2) is 0 Å². The summed E-state index contributed by atoms with van der Waals surface area (Å²) in [5.74, 6) is 0. The van der Waals surface area contributed by atoms with E-state index in [9.17, 15) is 8.42 Å². The molecular formula is C2H3Cl3O4S. The van der Waals surface area contributed by atoms with Crippen molar-refractivity contribution in [2.45, 2.75) is 3.98 Å². The van der Waals surface area contributed by atoms with E-state index in [1.54, 1.807) is 0 Å². The molecule has 0 amide bonds. The summed E-state index contributed by atoms with van der Waals surface area (Å²) in [5.41, 5.74) is 0. The van der Waals surface area contributed by atoms with Crippen LogP contribution in [0.5, 0.6) is 0 Å². The van der Waals surface area contributed by atoms with E-state index < -0.39 is 14.4 Å². The Balaban J connectivity index is 4.18. The first-order valence-electron chi connectivity index (χ1n) is 1.85. The highest BCUT2D eigenvalue weighted by atomic mass is 35.6. The third-order valence-corrected chi connectivity index (χ3v) is 1.77. The van der Waals surface area contributed by atoms with Crippen molar-refractivity contribution in [3.63, 3.8) is 0 Å². The zero-order valence-electron chi connectivity index (χ0n) is 4.68. The Morgan fingerprint density at radius 2 is 1.70 bits per heavy atom. The topological polar surface area (TPSA) is 52.6 Å². The fraction of sp³-hybridized carbons (Fsp3) is 1.00. The molecule has 0 aliphatic carbocycles. The van der Waals surface area contributed by atoms with Crippen LogP contribution in [-0.2, 0) is 18.8 Å². The first kappa shape index (κ1) is 10.7. The van der Waals surface area contributed by atoms with E-state index in [-0.39, 0.29) is 0 Å². The molecular weight excluding hydrogens is 226 g/mol. The van der Waals surface area contributed by atoms with Gasteiger partial charge in [-0.05, 0) is 0 Å². The van der Waals surface area contributed by atoms with E-state index in [0.29, 0.717) is 0 Å². The van der Waals surface area contributed by atoms with Crippen molar-refractivity contribution in [2.75, 3.05) is 7.11 Å². The quantitative estimate of drug-likeness (QED) is 0.668. The minimum atomic E-state index is -4.17. The van der Waals surface area contributed by atoms with Gasteiger partial charge >= 0.3 is 14.4 Å². The largest absolute Gasteiger partial charge is 0.403 e. The molecule has 0 rings (SSSR count). The van der Waals surface area contributed by atoms with Crippen LogP contribution in [0.4, 0.5) is 0 Å². The molecule has 0 unspecified atom stereocenters. The average Bonchev–Trinajstić information content (AvgIpc) is 1.60. The molecule has 0 aromatic heterocycles. The second kappa shape index (κ2) is 3.42. The van der Waals surface area contributed by atoms with Gasteiger partial charge in [-0.3, -0.25) is 4.18 Å². The molecule has 0 aliphatic heterocycles. The molecule has 0 aromatic rings. The predicted octanol–water partition coefficient (Wildman–Crippen LogP) is 1.22. The van der Waals surface area contributed by atoms with Crippen LogP contribution in [0.25, 0.3) is 0 Å². The van der Waals surface area contributed by atoms with Crippen molar-refractivity contribution in [1.29, 1.82) is 0 Å². The molecule has 8 heteroatoms. The van der Waals surface area contributed by atoms with Gasteiger partial charge in [-0.1, -0.05) is 34.8 Å². The minimum Gasteiger partial charge on any atom is -0.251 e. The van der Waals surface area contributed by atoms with Crippen molar-refractivity contribution in [2.24, 2.45) is 0 Å². The lowest BCUT2D eigenvalue weighted by Gasteiger charge is -2.08. The van der Waals surface area contributed by atoms with Crippen LogP contribution in [0.1, 0.15) is 0 Å². The molecule has 0 fully saturated rings. The van der Waals surface area contributed by atoms with Gasteiger partial charge in [-0.2, -0.15) is 12.6 Å². The molecule has 0 N–H and O–H groups in total. The monoisotopic (exact) mass is 228 g/mol. The summed E-state index contributed by atoms with van der Waals surface area (Å²) in [7, 11) is -3.29. The van der Waals surface area contributed by atoms with Gasteiger partial charge in [0.2, 0.25) is 0 Å². The Kier molecular flexibility index (Phi) is 3.68. The second-order valence-electron chi connectivity index (χ2n) is 1.10. The zero-order chi connectivity index (χ0) is 8.41. The van der Waals surface area contributed by atoms with Gasteiger partial charge in [0.25, 0.3) is 0 Å². The highest BCUT2D eigenvalue weighted by Crippen LogP contribution is 2.29. The average molecular weight is 229 g/mol. The molecule has 0 aromatic carbocycles. The lowest BCUT2D eigenvalue weighted by Crippen LogP contribution is -2.17. The third-order valence-electron chi connectivity index (χ3n) is 0.401. The summed E-state index contributed by atoms with van der Waals surface area (Å²) in [5, 5.41) is 0. The Bertz CT molecular complexity index is 191. The van der Waals surface area contributed by atoms with Gasteiger partial charge in [0.05, 0.1) is 7.11 Å². The number of halogens is 3. The van der Waals surface area contributed by atoms with E-state index in [4.69, 9.17) is 34.8 Å². The van der Waals surface area contributed by atoms with Crippen LogP contribution in [0, 0.1) is 0 Å². The first-order chi connectivity index (χ1) is 4.27. The summed E-state index contributed by atoms with van der Waals surface area (Å²) in [6.07, 6.45) is 0. The van der Waals surface area contributed by atoms with E-state index in [1.807, 2.05) is 0 Å². The number of alkyl halides is 3. The molecule has 62 valence electrons. The highest BCUT2D eigenvalue weighted by molar-refractivity contribution is 7.82. The maximum atomic E-state index is 10.3. The molecule has 4 nitrogen and oxygen atoms in total. The normalized spacial score (nSPS) is 13.6. The SMILES string of the molecule is COS(=O)(=O)OC(Cl)(Cl)Cl. The lowest BCUT2D eigenvalue weighted by atomic mass is 11.7. The third kappa shape index (κ3) is 5.52. The van der Waals surface area contributed by atoms with E-state index >= 15 is 0 Å². The molecule has 0 atom stereocenters. The molecule has 0 saturated carbocycles. The maximum absolute atomic E-state index is 10.3. The van der Waals surface area contributed by atoms with Crippen molar-refractivity contribution in [3.8, 4) is 0 Å². The summed E-state index contributed by atoms with van der Waals surface area (Å²) in [4.78, 5) is 0. The zero-order valence-corrected chi connectivity index (χ0v) is 7.76. The fourth-order valence-electron chi connectivity index (χ4n) is 0.150. The molecule has 0 saturated heterocycles. The van der Waals surface area contributed by atoms with Crippen LogP contribution in [0.3, 0.4) is 0 Å². The van der Waals surface area contributed by atoms with Crippen LogP contribution < -0.4 is 0 Å². The maximum Gasteiger partial charge on any atom is 0.403 e. The Hall–Kier alpha value is 0.740. The summed E-state index contributed by atoms with van der Waals surface area (Å²) < 4.78 is 26.0. The van der Waals surface area contributed by atoms with Crippen LogP contribution in [-0.4, -0.2) is 19.5 Å². The second-order valence-corrected chi connectivity index (χ2v) is 4.60. The standard InChI is InChI=1S/C2H3Cl3O4S/c1-8-10(6,7)9-2(3,4)5/h1H3. The van der Waals surface area contributed by atoms with Gasteiger partial charge in [-0.15, -0.1) is 0 Å². The van der Waals surface area contributed by atoms with Gasteiger partial charge in [0.1, 0.15) is 0 Å². The summed E-state index contributed by atoms with van der Waals surface area (Å²) in [6.45, 7) is 0. The minimum absolute atomic E-state index is 0.881. The molecule has 0 spiro atoms. The van der Waals surface area contributed by atoms with Crippen LogP contribution >= 0.6 is 34.8 Å². The van der Waals surface area contributed by atoms with Crippen molar-refractivity contribution < 1.29 is 16.8 Å². The molecule has 0 radical (unpaired) electrons. The smallest absolute Gasteiger partial charge is 0.251 e. The van der Waals surface area contributed by atoms with Gasteiger partial charge in [0, 0.05) is 0 Å². The fourth-order valence-corrected chi connectivity index (χ4v) is 1.14. The van der Waals surface area contributed by atoms with E-state index in [1.165, 1.54) is 0 Å². The van der Waals surface area contributed by atoms with Gasteiger partial charge in [-0.25, -0.2) is 0 Å². The van der Waals surface area contributed by atoms with E-state index in [0.717, 1.165) is 7.11 Å². The summed E-state index contributed by atoms with van der Waals surface area (Å²) >= 11 is 14.8. The lowest BCUT2D eigenvalue weighted by molar-refractivity contribution is 0.243. The number of hydrogen-bond acceptors (Lipinski definition) is 4. The number of rotatable bonds is 2. The molecule has 10 heavy (non-hydrogen) atoms. The molecule has 0 heterocycles. The van der Waals surface area contributed by atoms with Crippen molar-refractivity contribution in [3.05, 3.63) is 0 Å².